The van der Waals surface area contributed by atoms with E-state index in [9.17, 15) is 9.59 Å². The summed E-state index contributed by atoms with van der Waals surface area (Å²) in [4.78, 5) is 29.9. The molecular formula is C26H30N2O2. The fourth-order valence-corrected chi connectivity index (χ4v) is 4.79. The summed E-state index contributed by atoms with van der Waals surface area (Å²) in [5.41, 5.74) is 5.64. The average Bonchev–Trinajstić information content (AvgIpc) is 2.99. The molecule has 156 valence electrons. The van der Waals surface area contributed by atoms with Crippen LogP contribution in [0.5, 0.6) is 0 Å². The Bertz CT molecular complexity index is 985. The first kappa shape index (κ1) is 20.4. The van der Waals surface area contributed by atoms with Crippen LogP contribution in [0, 0.1) is 19.8 Å². The largest absolute Gasteiger partial charge is 0.366 e. The third-order valence-electron chi connectivity index (χ3n) is 6.41. The maximum Gasteiger partial charge on any atom is 0.277 e. The number of likely N-dealkylation sites (tertiary alicyclic amines) is 1. The van der Waals surface area contributed by atoms with Gasteiger partial charge in [0.15, 0.2) is 0 Å². The summed E-state index contributed by atoms with van der Waals surface area (Å²) in [7, 11) is 0. The van der Waals surface area contributed by atoms with Gasteiger partial charge < -0.3 is 4.90 Å². The molecule has 4 rings (SSSR count). The van der Waals surface area contributed by atoms with E-state index in [1.165, 1.54) is 10.5 Å². The van der Waals surface area contributed by atoms with Crippen LogP contribution in [0.25, 0.3) is 5.57 Å². The van der Waals surface area contributed by atoms with Gasteiger partial charge >= 0.3 is 0 Å². The zero-order chi connectivity index (χ0) is 21.3. The molecule has 2 aliphatic rings. The van der Waals surface area contributed by atoms with Crippen molar-refractivity contribution >= 4 is 17.4 Å². The highest BCUT2D eigenvalue weighted by Gasteiger charge is 2.41. The first-order valence-corrected chi connectivity index (χ1v) is 11.0. The fourth-order valence-electron chi connectivity index (χ4n) is 4.79. The molecule has 0 saturated carbocycles. The number of amides is 2. The number of benzene rings is 2. The van der Waals surface area contributed by atoms with Crippen molar-refractivity contribution in [2.24, 2.45) is 5.92 Å². The Morgan fingerprint density at radius 1 is 0.933 bits per heavy atom. The monoisotopic (exact) mass is 402 g/mol. The lowest BCUT2D eigenvalue weighted by Gasteiger charge is -2.34. The Kier molecular flexibility index (Phi) is 5.76. The standard InChI is InChI=1S/C26H30N2O2/c1-4-28-25(29)23(22-11-10-18(2)16-19(22)3)24(26(28)30)27-14-12-21(13-15-27)17-20-8-6-5-7-9-20/h5-11,16,21H,4,12-15,17H2,1-3H3. The Morgan fingerprint density at radius 3 is 2.27 bits per heavy atom. The summed E-state index contributed by atoms with van der Waals surface area (Å²) in [5.74, 6) is 0.318. The first-order valence-electron chi connectivity index (χ1n) is 11.0. The average molecular weight is 403 g/mol. The molecule has 0 unspecified atom stereocenters. The molecule has 2 aliphatic heterocycles. The molecule has 2 aromatic rings. The number of piperidine rings is 1. The van der Waals surface area contributed by atoms with E-state index < -0.39 is 0 Å². The normalized spacial score (nSPS) is 18.0. The van der Waals surface area contributed by atoms with Crippen LogP contribution in [-0.2, 0) is 16.0 Å². The van der Waals surface area contributed by atoms with Gasteiger partial charge in [-0.25, -0.2) is 0 Å². The number of nitrogens with zero attached hydrogens (tertiary/aromatic N) is 2. The highest BCUT2D eigenvalue weighted by molar-refractivity contribution is 6.35. The molecule has 1 saturated heterocycles. The predicted molar refractivity (Wildman–Crippen MR) is 120 cm³/mol. The Balaban J connectivity index is 1.60. The van der Waals surface area contributed by atoms with Crippen LogP contribution in [-0.4, -0.2) is 41.2 Å². The predicted octanol–water partition coefficient (Wildman–Crippen LogP) is 4.36. The van der Waals surface area contributed by atoms with E-state index in [1.54, 1.807) is 0 Å². The fraction of sp³-hybridized carbons (Fsp3) is 0.385. The van der Waals surface area contributed by atoms with Crippen molar-refractivity contribution in [1.29, 1.82) is 0 Å². The van der Waals surface area contributed by atoms with Gasteiger partial charge in [-0.1, -0.05) is 54.1 Å². The third kappa shape index (κ3) is 3.79. The molecule has 0 aromatic heterocycles. The van der Waals surface area contributed by atoms with Gasteiger partial charge in [0.05, 0.1) is 5.57 Å². The van der Waals surface area contributed by atoms with E-state index in [0.29, 0.717) is 23.7 Å². The van der Waals surface area contributed by atoms with E-state index in [4.69, 9.17) is 0 Å². The van der Waals surface area contributed by atoms with Gasteiger partial charge in [0, 0.05) is 19.6 Å². The van der Waals surface area contributed by atoms with Crippen molar-refractivity contribution in [1.82, 2.24) is 9.80 Å². The summed E-state index contributed by atoms with van der Waals surface area (Å²) in [5, 5.41) is 0. The van der Waals surface area contributed by atoms with Gasteiger partial charge in [-0.15, -0.1) is 0 Å². The first-order chi connectivity index (χ1) is 14.5. The van der Waals surface area contributed by atoms with Crippen molar-refractivity contribution in [2.75, 3.05) is 19.6 Å². The lowest BCUT2D eigenvalue weighted by Crippen LogP contribution is -2.39. The smallest absolute Gasteiger partial charge is 0.277 e. The SMILES string of the molecule is CCN1C(=O)C(c2ccc(C)cc2C)=C(N2CCC(Cc3ccccc3)CC2)C1=O. The van der Waals surface area contributed by atoms with Crippen molar-refractivity contribution in [3.8, 4) is 0 Å². The maximum atomic E-state index is 13.2. The molecular weight excluding hydrogens is 372 g/mol. The Morgan fingerprint density at radius 2 is 1.63 bits per heavy atom. The number of hydrogen-bond donors (Lipinski definition) is 0. The number of rotatable bonds is 5. The number of hydrogen-bond acceptors (Lipinski definition) is 3. The van der Waals surface area contributed by atoms with Gasteiger partial charge in [-0.05, 0) is 62.6 Å². The summed E-state index contributed by atoms with van der Waals surface area (Å²) in [6.07, 6.45) is 3.14. The third-order valence-corrected chi connectivity index (χ3v) is 6.41. The molecule has 0 N–H and O–H groups in total. The van der Waals surface area contributed by atoms with E-state index in [0.717, 1.165) is 49.0 Å². The summed E-state index contributed by atoms with van der Waals surface area (Å²) in [6, 6.07) is 16.7. The molecule has 4 heteroatoms. The van der Waals surface area contributed by atoms with Crippen LogP contribution in [0.1, 0.15) is 42.0 Å². The Labute approximate surface area is 179 Å². The summed E-state index contributed by atoms with van der Waals surface area (Å²) < 4.78 is 0. The summed E-state index contributed by atoms with van der Waals surface area (Å²) >= 11 is 0. The van der Waals surface area contributed by atoms with Crippen molar-refractivity contribution in [3.63, 3.8) is 0 Å². The van der Waals surface area contributed by atoms with Crippen molar-refractivity contribution in [2.45, 2.75) is 40.0 Å². The molecule has 2 amide bonds. The molecule has 0 aliphatic carbocycles. The van der Waals surface area contributed by atoms with Crippen LogP contribution >= 0.6 is 0 Å². The number of carbonyl (C=O) groups excluding carboxylic acids is 2. The quantitative estimate of drug-likeness (QED) is 0.698. The van der Waals surface area contributed by atoms with E-state index in [1.807, 2.05) is 32.9 Å². The van der Waals surface area contributed by atoms with Gasteiger partial charge in [-0.2, -0.15) is 0 Å². The molecule has 0 bridgehead atoms. The lowest BCUT2D eigenvalue weighted by molar-refractivity contribution is -0.137. The molecule has 0 atom stereocenters. The van der Waals surface area contributed by atoms with Crippen molar-refractivity contribution in [3.05, 3.63) is 76.5 Å². The Hall–Kier alpha value is -2.88. The second kappa shape index (κ2) is 8.47. The van der Waals surface area contributed by atoms with Crippen LogP contribution in [0.2, 0.25) is 0 Å². The van der Waals surface area contributed by atoms with E-state index >= 15 is 0 Å². The minimum atomic E-state index is -0.157. The molecule has 1 fully saturated rings. The zero-order valence-corrected chi connectivity index (χ0v) is 18.1. The number of imide groups is 1. The van der Waals surface area contributed by atoms with Crippen LogP contribution < -0.4 is 0 Å². The zero-order valence-electron chi connectivity index (χ0n) is 18.1. The maximum absolute atomic E-state index is 13.2. The van der Waals surface area contributed by atoms with Gasteiger partial charge in [-0.3, -0.25) is 14.5 Å². The summed E-state index contributed by atoms with van der Waals surface area (Å²) in [6.45, 7) is 7.97. The van der Waals surface area contributed by atoms with Crippen LogP contribution in [0.3, 0.4) is 0 Å². The molecule has 2 aromatic carbocycles. The van der Waals surface area contributed by atoms with Crippen LogP contribution in [0.4, 0.5) is 0 Å². The molecule has 4 nitrogen and oxygen atoms in total. The molecule has 30 heavy (non-hydrogen) atoms. The highest BCUT2D eigenvalue weighted by atomic mass is 16.2. The topological polar surface area (TPSA) is 40.6 Å². The van der Waals surface area contributed by atoms with Gasteiger partial charge in [0.2, 0.25) is 0 Å². The van der Waals surface area contributed by atoms with E-state index in [2.05, 4.69) is 41.3 Å². The molecule has 0 radical (unpaired) electrons. The minimum Gasteiger partial charge on any atom is -0.366 e. The molecule has 2 heterocycles. The van der Waals surface area contributed by atoms with Crippen LogP contribution in [0.15, 0.2) is 54.2 Å². The molecule has 0 spiro atoms. The number of likely N-dealkylation sites (N-methyl/N-ethyl adjacent to an activating group) is 1. The number of aryl methyl sites for hydroxylation is 2. The second-order valence-corrected chi connectivity index (χ2v) is 8.52. The lowest BCUT2D eigenvalue weighted by atomic mass is 9.89. The minimum absolute atomic E-state index is 0.140. The number of carbonyl (C=O) groups is 2. The van der Waals surface area contributed by atoms with E-state index in [-0.39, 0.29) is 11.8 Å². The highest BCUT2D eigenvalue weighted by Crippen LogP contribution is 2.35. The van der Waals surface area contributed by atoms with Gasteiger partial charge in [0.25, 0.3) is 11.8 Å². The van der Waals surface area contributed by atoms with Gasteiger partial charge in [0.1, 0.15) is 5.70 Å². The second-order valence-electron chi connectivity index (χ2n) is 8.52. The van der Waals surface area contributed by atoms with Crippen molar-refractivity contribution < 1.29 is 9.59 Å².